The van der Waals surface area contributed by atoms with Crippen molar-refractivity contribution in [1.29, 1.82) is 0 Å². The molecule has 0 radical (unpaired) electrons. The predicted molar refractivity (Wildman–Crippen MR) is 113 cm³/mol. The molecule has 2 N–H and O–H groups in total. The molecule has 148 valence electrons. The summed E-state index contributed by atoms with van der Waals surface area (Å²) in [6, 6.07) is 19.7. The fraction of sp³-hybridized carbons (Fsp3) is 0.174. The largest absolute Gasteiger partial charge is 0.481 e. The minimum atomic E-state index is -0.783. The molecular formula is C23H23N3O3. The van der Waals surface area contributed by atoms with Crippen molar-refractivity contribution in [1.82, 2.24) is 4.98 Å². The number of nitrogens with one attached hydrogen (secondary N) is 1. The minimum Gasteiger partial charge on any atom is -0.481 e. The van der Waals surface area contributed by atoms with Crippen molar-refractivity contribution < 1.29 is 14.7 Å². The van der Waals surface area contributed by atoms with Gasteiger partial charge in [-0.25, -0.2) is 0 Å². The third kappa shape index (κ3) is 5.90. The summed E-state index contributed by atoms with van der Waals surface area (Å²) < 4.78 is 0. The summed E-state index contributed by atoms with van der Waals surface area (Å²) in [4.78, 5) is 19.9. The first-order chi connectivity index (χ1) is 14.2. The average Bonchev–Trinajstić information content (AvgIpc) is 2.76. The first-order valence-electron chi connectivity index (χ1n) is 9.31. The number of rotatable bonds is 9. The van der Waals surface area contributed by atoms with Gasteiger partial charge in [-0.05, 0) is 47.9 Å². The predicted octanol–water partition coefficient (Wildman–Crippen LogP) is 4.11. The van der Waals surface area contributed by atoms with Crippen molar-refractivity contribution in [3.8, 4) is 0 Å². The number of aryl methyl sites for hydroxylation is 1. The molecule has 3 aromatic rings. The Labute approximate surface area is 169 Å². The Balaban J connectivity index is 1.68. The third-order valence-electron chi connectivity index (χ3n) is 4.40. The van der Waals surface area contributed by atoms with Crippen LogP contribution in [0.2, 0.25) is 0 Å². The average molecular weight is 389 g/mol. The maximum absolute atomic E-state index is 10.7. The van der Waals surface area contributed by atoms with Crippen LogP contribution in [0.15, 0.2) is 78.2 Å². The smallest absolute Gasteiger partial charge is 0.303 e. The van der Waals surface area contributed by atoms with Crippen LogP contribution < -0.4 is 5.32 Å². The number of aromatic nitrogens is 1. The van der Waals surface area contributed by atoms with E-state index in [4.69, 9.17) is 9.94 Å². The van der Waals surface area contributed by atoms with Gasteiger partial charge in [0, 0.05) is 42.2 Å². The lowest BCUT2D eigenvalue weighted by Gasteiger charge is -2.10. The van der Waals surface area contributed by atoms with Crippen LogP contribution in [-0.4, -0.2) is 28.9 Å². The number of anilines is 1. The summed E-state index contributed by atoms with van der Waals surface area (Å²) in [6.07, 6.45) is 4.16. The molecule has 1 heterocycles. The van der Waals surface area contributed by atoms with Crippen LogP contribution in [0, 0.1) is 0 Å². The number of aliphatic carboxylic acids is 1. The van der Waals surface area contributed by atoms with Gasteiger partial charge in [0.1, 0.15) is 12.8 Å². The number of carboxylic acid groups (broad SMARTS) is 1. The Morgan fingerprint density at radius 3 is 2.55 bits per heavy atom. The highest BCUT2D eigenvalue weighted by Gasteiger charge is 2.09. The maximum atomic E-state index is 10.7. The fourth-order valence-electron chi connectivity index (χ4n) is 2.94. The van der Waals surface area contributed by atoms with Crippen LogP contribution >= 0.6 is 0 Å². The van der Waals surface area contributed by atoms with Gasteiger partial charge < -0.3 is 15.3 Å². The topological polar surface area (TPSA) is 83.8 Å². The molecular weight excluding hydrogens is 366 g/mol. The van der Waals surface area contributed by atoms with E-state index in [-0.39, 0.29) is 6.42 Å². The van der Waals surface area contributed by atoms with E-state index < -0.39 is 5.97 Å². The molecule has 0 spiro atoms. The summed E-state index contributed by atoms with van der Waals surface area (Å²) in [5.74, 6) is -0.783. The second-order valence-corrected chi connectivity index (χ2v) is 6.51. The van der Waals surface area contributed by atoms with Gasteiger partial charge >= 0.3 is 5.97 Å². The number of carboxylic acids is 1. The number of nitrogens with zero attached hydrogens (tertiary/aromatic N) is 2. The molecule has 3 rings (SSSR count). The lowest BCUT2D eigenvalue weighted by Crippen LogP contribution is -2.06. The van der Waals surface area contributed by atoms with Crippen LogP contribution in [0.3, 0.4) is 0 Å². The summed E-state index contributed by atoms with van der Waals surface area (Å²) in [5.41, 5.74) is 5.65. The standard InChI is InChI=1S/C23H23N3O3/c1-29-26-23(20-6-3-13-24-16-20)19-5-2-4-18(14-19)15-25-21-10-7-17(8-11-21)9-12-22(27)28/h2-8,10-11,13-14,16,25H,9,12,15H2,1H3,(H,27,28). The van der Waals surface area contributed by atoms with Crippen LogP contribution in [-0.2, 0) is 22.6 Å². The molecule has 29 heavy (non-hydrogen) atoms. The number of oxime groups is 1. The van der Waals surface area contributed by atoms with E-state index in [0.29, 0.717) is 13.0 Å². The number of hydrogen-bond donors (Lipinski definition) is 2. The van der Waals surface area contributed by atoms with Crippen molar-refractivity contribution in [3.63, 3.8) is 0 Å². The highest BCUT2D eigenvalue weighted by atomic mass is 16.6. The SMILES string of the molecule is CON=C(c1cccnc1)c1cccc(CNc2ccc(CCC(=O)O)cc2)c1. The van der Waals surface area contributed by atoms with Gasteiger partial charge in [-0.1, -0.05) is 35.5 Å². The Morgan fingerprint density at radius 2 is 1.86 bits per heavy atom. The van der Waals surface area contributed by atoms with E-state index in [1.807, 2.05) is 54.6 Å². The second kappa shape index (κ2) is 10.0. The molecule has 0 aliphatic rings. The Bertz CT molecular complexity index is 970. The molecule has 0 saturated heterocycles. The highest BCUT2D eigenvalue weighted by molar-refractivity contribution is 6.12. The first-order valence-corrected chi connectivity index (χ1v) is 9.31. The molecule has 2 aromatic carbocycles. The zero-order valence-corrected chi connectivity index (χ0v) is 16.2. The summed E-state index contributed by atoms with van der Waals surface area (Å²) in [5, 5.41) is 16.3. The summed E-state index contributed by atoms with van der Waals surface area (Å²) >= 11 is 0. The van der Waals surface area contributed by atoms with E-state index in [9.17, 15) is 4.79 Å². The van der Waals surface area contributed by atoms with Crippen LogP contribution in [0.4, 0.5) is 5.69 Å². The normalized spacial score (nSPS) is 11.1. The van der Waals surface area contributed by atoms with Gasteiger partial charge in [0.25, 0.3) is 0 Å². The third-order valence-corrected chi connectivity index (χ3v) is 4.40. The second-order valence-electron chi connectivity index (χ2n) is 6.51. The van der Waals surface area contributed by atoms with Crippen molar-refractivity contribution in [2.75, 3.05) is 12.4 Å². The van der Waals surface area contributed by atoms with Crippen molar-refractivity contribution in [2.24, 2.45) is 5.16 Å². The van der Waals surface area contributed by atoms with Gasteiger partial charge in [-0.3, -0.25) is 9.78 Å². The van der Waals surface area contributed by atoms with Gasteiger partial charge in [-0.15, -0.1) is 0 Å². The number of carbonyl (C=O) groups is 1. The Hall–Kier alpha value is -3.67. The molecule has 6 nitrogen and oxygen atoms in total. The Morgan fingerprint density at radius 1 is 1.07 bits per heavy atom. The molecule has 0 aliphatic heterocycles. The molecule has 0 atom stereocenters. The molecule has 0 fully saturated rings. The highest BCUT2D eigenvalue weighted by Crippen LogP contribution is 2.16. The van der Waals surface area contributed by atoms with E-state index in [1.165, 1.54) is 7.11 Å². The molecule has 6 heteroatoms. The minimum absolute atomic E-state index is 0.141. The van der Waals surface area contributed by atoms with Crippen molar-refractivity contribution >= 4 is 17.4 Å². The first kappa shape index (κ1) is 20.1. The summed E-state index contributed by atoms with van der Waals surface area (Å²) in [6.45, 7) is 0.648. The molecule has 0 aliphatic carbocycles. The van der Waals surface area contributed by atoms with E-state index in [1.54, 1.807) is 12.4 Å². The zero-order valence-electron chi connectivity index (χ0n) is 16.2. The lowest BCUT2D eigenvalue weighted by molar-refractivity contribution is -0.136. The molecule has 0 saturated carbocycles. The number of benzene rings is 2. The molecule has 0 amide bonds. The molecule has 1 aromatic heterocycles. The van der Waals surface area contributed by atoms with Crippen LogP contribution in [0.1, 0.15) is 28.7 Å². The summed E-state index contributed by atoms with van der Waals surface area (Å²) in [7, 11) is 1.53. The monoisotopic (exact) mass is 389 g/mol. The van der Waals surface area contributed by atoms with Gasteiger partial charge in [0.2, 0.25) is 0 Å². The zero-order chi connectivity index (χ0) is 20.5. The lowest BCUT2D eigenvalue weighted by atomic mass is 10.0. The number of pyridine rings is 1. The fourth-order valence-corrected chi connectivity index (χ4v) is 2.94. The molecule has 0 unspecified atom stereocenters. The van der Waals surface area contributed by atoms with Gasteiger partial charge in [0.15, 0.2) is 0 Å². The van der Waals surface area contributed by atoms with E-state index >= 15 is 0 Å². The van der Waals surface area contributed by atoms with Crippen molar-refractivity contribution in [3.05, 3.63) is 95.3 Å². The van der Waals surface area contributed by atoms with Gasteiger partial charge in [-0.2, -0.15) is 0 Å². The maximum Gasteiger partial charge on any atom is 0.303 e. The van der Waals surface area contributed by atoms with E-state index in [0.717, 1.165) is 33.7 Å². The van der Waals surface area contributed by atoms with Crippen LogP contribution in [0.25, 0.3) is 0 Å². The van der Waals surface area contributed by atoms with Crippen molar-refractivity contribution in [2.45, 2.75) is 19.4 Å². The number of hydrogen-bond acceptors (Lipinski definition) is 5. The molecule has 0 bridgehead atoms. The quantitative estimate of drug-likeness (QED) is 0.425. The van der Waals surface area contributed by atoms with E-state index in [2.05, 4.69) is 21.5 Å². The van der Waals surface area contributed by atoms with Gasteiger partial charge in [0.05, 0.1) is 0 Å². The van der Waals surface area contributed by atoms with Crippen LogP contribution in [0.5, 0.6) is 0 Å². The Kier molecular flexibility index (Phi) is 6.95.